The lowest BCUT2D eigenvalue weighted by atomic mass is 10.2. The van der Waals surface area contributed by atoms with E-state index < -0.39 is 10.8 Å². The Morgan fingerprint density at radius 3 is 2.80 bits per heavy atom. The van der Waals surface area contributed by atoms with Crippen molar-refractivity contribution < 1.29 is 4.21 Å². The fourth-order valence-corrected chi connectivity index (χ4v) is 2.68. The van der Waals surface area contributed by atoms with E-state index in [-0.39, 0.29) is 0 Å². The third-order valence-corrected chi connectivity index (χ3v) is 3.95. The van der Waals surface area contributed by atoms with Gasteiger partial charge in [-0.2, -0.15) is 0 Å². The summed E-state index contributed by atoms with van der Waals surface area (Å²) in [6.07, 6.45) is 6.87. The molecule has 0 saturated heterocycles. The molecule has 3 aromatic rings. The molecule has 98 valence electrons. The summed E-state index contributed by atoms with van der Waals surface area (Å²) in [7, 11) is -1.19. The fourth-order valence-electron chi connectivity index (χ4n) is 1.86. The Morgan fingerprint density at radius 2 is 1.95 bits per heavy atom. The van der Waals surface area contributed by atoms with Crippen molar-refractivity contribution in [2.24, 2.45) is 0 Å². The number of pyridine rings is 2. The normalized spacial score (nSPS) is 12.8. The second-order valence-electron chi connectivity index (χ2n) is 4.25. The average Bonchev–Trinajstić information content (AvgIpc) is 2.53. The summed E-state index contributed by atoms with van der Waals surface area (Å²) in [5.74, 6) is 0. The smallest absolute Gasteiger partial charge is 0.0791 e. The van der Waals surface area contributed by atoms with Crippen LogP contribution in [0.1, 0.15) is 5.56 Å². The molecule has 0 bridgehead atoms. The van der Waals surface area contributed by atoms with Crippen LogP contribution >= 0.6 is 0 Å². The van der Waals surface area contributed by atoms with Gasteiger partial charge in [0.2, 0.25) is 0 Å². The molecule has 0 aliphatic carbocycles. The molecule has 2 heterocycles. The lowest BCUT2D eigenvalue weighted by Gasteiger charge is -1.98. The summed E-state index contributed by atoms with van der Waals surface area (Å²) in [5.41, 5.74) is 1.89. The van der Waals surface area contributed by atoms with Crippen molar-refractivity contribution in [3.8, 4) is 0 Å². The van der Waals surface area contributed by atoms with Crippen molar-refractivity contribution in [2.45, 2.75) is 4.90 Å². The maximum absolute atomic E-state index is 12.0. The molecular formula is C16H12N2OS. The highest BCUT2D eigenvalue weighted by atomic mass is 32.2. The number of hydrogen-bond acceptors (Lipinski definition) is 3. The predicted molar refractivity (Wildman–Crippen MR) is 81.4 cm³/mol. The zero-order valence-electron chi connectivity index (χ0n) is 10.6. The van der Waals surface area contributed by atoms with E-state index in [9.17, 15) is 4.21 Å². The van der Waals surface area contributed by atoms with Crippen LogP contribution in [0.15, 0.2) is 71.4 Å². The van der Waals surface area contributed by atoms with Crippen molar-refractivity contribution in [2.75, 3.05) is 0 Å². The Hall–Kier alpha value is -2.33. The number of hydrogen-bond donors (Lipinski definition) is 0. The van der Waals surface area contributed by atoms with Gasteiger partial charge in [0.05, 0.1) is 21.2 Å². The molecule has 1 atom stereocenters. The minimum atomic E-state index is -1.19. The largest absolute Gasteiger partial charge is 0.263 e. The van der Waals surface area contributed by atoms with Crippen LogP contribution in [-0.2, 0) is 10.8 Å². The number of para-hydroxylation sites is 1. The molecule has 0 N–H and O–H groups in total. The van der Waals surface area contributed by atoms with Crippen LogP contribution in [0, 0.1) is 0 Å². The second kappa shape index (κ2) is 5.75. The van der Waals surface area contributed by atoms with Gasteiger partial charge in [-0.1, -0.05) is 18.2 Å². The molecule has 0 aliphatic heterocycles. The van der Waals surface area contributed by atoms with Crippen LogP contribution in [0.3, 0.4) is 0 Å². The Labute approximate surface area is 119 Å². The molecule has 0 saturated carbocycles. The first-order valence-electron chi connectivity index (χ1n) is 6.16. The average molecular weight is 280 g/mol. The molecule has 4 heteroatoms. The molecule has 0 fully saturated rings. The maximum Gasteiger partial charge on any atom is 0.0791 e. The summed E-state index contributed by atoms with van der Waals surface area (Å²) >= 11 is 0. The predicted octanol–water partition coefficient (Wildman–Crippen LogP) is 3.41. The number of rotatable bonds is 3. The topological polar surface area (TPSA) is 42.9 Å². The first kappa shape index (κ1) is 12.7. The quantitative estimate of drug-likeness (QED) is 0.738. The van der Waals surface area contributed by atoms with Gasteiger partial charge >= 0.3 is 0 Å². The highest BCUT2D eigenvalue weighted by Gasteiger charge is 1.99. The molecule has 1 unspecified atom stereocenters. The Balaban J connectivity index is 1.85. The van der Waals surface area contributed by atoms with Crippen molar-refractivity contribution in [1.29, 1.82) is 0 Å². The van der Waals surface area contributed by atoms with Crippen LogP contribution in [0.2, 0.25) is 0 Å². The Bertz CT molecular complexity index is 785. The zero-order chi connectivity index (χ0) is 13.8. The number of aromatic nitrogens is 2. The summed E-state index contributed by atoms with van der Waals surface area (Å²) in [6.45, 7) is 0. The van der Waals surface area contributed by atoms with E-state index in [1.807, 2.05) is 36.4 Å². The molecule has 0 amide bonds. The van der Waals surface area contributed by atoms with Crippen LogP contribution in [0.25, 0.3) is 17.0 Å². The number of nitrogens with zero attached hydrogens (tertiary/aromatic N) is 2. The molecule has 3 nitrogen and oxygen atoms in total. The first-order valence-corrected chi connectivity index (χ1v) is 7.38. The SMILES string of the molecule is O=S(/C=C\c1cnc2ccccc2c1)c1cccnc1. The first-order chi connectivity index (χ1) is 9.83. The van der Waals surface area contributed by atoms with E-state index in [1.54, 1.807) is 36.1 Å². The third-order valence-electron chi connectivity index (χ3n) is 2.86. The molecule has 0 spiro atoms. The summed E-state index contributed by atoms with van der Waals surface area (Å²) in [6, 6.07) is 13.5. The minimum Gasteiger partial charge on any atom is -0.263 e. The fraction of sp³-hybridized carbons (Fsp3) is 0. The van der Waals surface area contributed by atoms with Crippen molar-refractivity contribution in [3.05, 3.63) is 72.0 Å². The van der Waals surface area contributed by atoms with Crippen LogP contribution < -0.4 is 0 Å². The summed E-state index contributed by atoms with van der Waals surface area (Å²) < 4.78 is 12.0. The minimum absolute atomic E-state index is 0.692. The van der Waals surface area contributed by atoms with E-state index >= 15 is 0 Å². The van der Waals surface area contributed by atoms with Gasteiger partial charge in [-0.25, -0.2) is 4.21 Å². The van der Waals surface area contributed by atoms with Gasteiger partial charge in [0.25, 0.3) is 0 Å². The monoisotopic (exact) mass is 280 g/mol. The van der Waals surface area contributed by atoms with E-state index in [0.29, 0.717) is 4.90 Å². The van der Waals surface area contributed by atoms with Crippen molar-refractivity contribution in [1.82, 2.24) is 9.97 Å². The van der Waals surface area contributed by atoms with Gasteiger partial charge in [0, 0.05) is 29.4 Å². The third kappa shape index (κ3) is 2.81. The zero-order valence-corrected chi connectivity index (χ0v) is 11.5. The van der Waals surface area contributed by atoms with E-state index in [1.165, 1.54) is 0 Å². The van der Waals surface area contributed by atoms with Gasteiger partial charge in [-0.3, -0.25) is 9.97 Å². The van der Waals surface area contributed by atoms with Gasteiger partial charge in [0.15, 0.2) is 0 Å². The Kier molecular flexibility index (Phi) is 3.65. The lowest BCUT2D eigenvalue weighted by molar-refractivity contribution is 0.688. The van der Waals surface area contributed by atoms with Gasteiger partial charge < -0.3 is 0 Å². The Morgan fingerprint density at radius 1 is 1.05 bits per heavy atom. The second-order valence-corrected chi connectivity index (χ2v) is 5.59. The van der Waals surface area contributed by atoms with Crippen molar-refractivity contribution in [3.63, 3.8) is 0 Å². The molecule has 2 aromatic heterocycles. The highest BCUT2D eigenvalue weighted by Crippen LogP contribution is 2.14. The van der Waals surface area contributed by atoms with Gasteiger partial charge in [-0.05, 0) is 35.9 Å². The summed E-state index contributed by atoms with van der Waals surface area (Å²) in [4.78, 5) is 9.02. The summed E-state index contributed by atoms with van der Waals surface area (Å²) in [5, 5.41) is 2.73. The number of benzene rings is 1. The lowest BCUT2D eigenvalue weighted by Crippen LogP contribution is -1.87. The molecule has 0 aliphatic rings. The molecule has 1 aromatic carbocycles. The van der Waals surface area contributed by atoms with Crippen LogP contribution in [0.4, 0.5) is 0 Å². The van der Waals surface area contributed by atoms with Crippen molar-refractivity contribution >= 4 is 27.8 Å². The van der Waals surface area contributed by atoms with Crippen LogP contribution in [0.5, 0.6) is 0 Å². The molecule has 20 heavy (non-hydrogen) atoms. The highest BCUT2D eigenvalue weighted by molar-refractivity contribution is 7.88. The standard InChI is InChI=1S/C16H12N2OS/c19-20(15-5-3-8-17-12-15)9-7-13-10-14-4-1-2-6-16(14)18-11-13/h1-12H/b9-7-. The van der Waals surface area contributed by atoms with E-state index in [2.05, 4.69) is 9.97 Å². The van der Waals surface area contributed by atoms with Gasteiger partial charge in [0.1, 0.15) is 0 Å². The molecular weight excluding hydrogens is 268 g/mol. The van der Waals surface area contributed by atoms with E-state index in [0.717, 1.165) is 16.5 Å². The van der Waals surface area contributed by atoms with Gasteiger partial charge in [-0.15, -0.1) is 0 Å². The number of fused-ring (bicyclic) bond motifs is 1. The molecule has 3 rings (SSSR count). The molecule has 0 radical (unpaired) electrons. The maximum atomic E-state index is 12.0. The van der Waals surface area contributed by atoms with E-state index in [4.69, 9.17) is 0 Å². The van der Waals surface area contributed by atoms with Crippen LogP contribution in [-0.4, -0.2) is 14.2 Å².